The number of unbranched alkanes of at least 4 members (excludes halogenated alkanes) is 9. The first-order valence-electron chi connectivity index (χ1n) is 10.2. The Balaban J connectivity index is 0. The second kappa shape index (κ2) is 22.6. The van der Waals surface area contributed by atoms with Crippen molar-refractivity contribution in [3.8, 4) is 0 Å². The number of ether oxygens (including phenoxy) is 1. The predicted octanol–water partition coefficient (Wildman–Crippen LogP) is 3.65. The van der Waals surface area contributed by atoms with Gasteiger partial charge in [-0.2, -0.15) is 0 Å². The standard InChI is InChI=1S/C18H39O8P.Na.H/c1-2-3-4-5-6-7-8-9-10-11-13-23-14-12-15-24-27(22,26-21)25-17-18(20)16-19;;/h18-21H,2-17H2,1H3;;. The van der Waals surface area contributed by atoms with Crippen molar-refractivity contribution < 1.29 is 38.5 Å². The van der Waals surface area contributed by atoms with Crippen molar-refractivity contribution in [2.45, 2.75) is 83.7 Å². The molecule has 0 fully saturated rings. The van der Waals surface area contributed by atoms with Crippen molar-refractivity contribution in [3.05, 3.63) is 0 Å². The van der Waals surface area contributed by atoms with Crippen LogP contribution in [-0.2, 0) is 23.0 Å². The van der Waals surface area contributed by atoms with Crippen LogP contribution in [-0.4, -0.2) is 84.2 Å². The first-order valence-corrected chi connectivity index (χ1v) is 11.6. The molecule has 28 heavy (non-hydrogen) atoms. The van der Waals surface area contributed by atoms with Crippen molar-refractivity contribution >= 4 is 37.4 Å². The van der Waals surface area contributed by atoms with E-state index in [4.69, 9.17) is 24.7 Å². The minimum absolute atomic E-state index is 0. The Morgan fingerprint density at radius 1 is 0.821 bits per heavy atom. The molecular formula is C18H40NaO8P. The van der Waals surface area contributed by atoms with Crippen LogP contribution in [0.25, 0.3) is 0 Å². The van der Waals surface area contributed by atoms with Crippen LogP contribution in [0.3, 0.4) is 0 Å². The Hall–Kier alpha value is 0.950. The predicted molar refractivity (Wildman–Crippen MR) is 111 cm³/mol. The van der Waals surface area contributed by atoms with Crippen molar-refractivity contribution in [2.75, 3.05) is 33.0 Å². The zero-order valence-electron chi connectivity index (χ0n) is 16.7. The number of aliphatic hydroxyl groups excluding tert-OH is 2. The topological polar surface area (TPSA) is 115 Å². The molecule has 10 heteroatoms. The Morgan fingerprint density at radius 3 is 1.89 bits per heavy atom. The Kier molecular flexibility index (Phi) is 25.2. The van der Waals surface area contributed by atoms with Gasteiger partial charge >= 0.3 is 37.4 Å². The summed E-state index contributed by atoms with van der Waals surface area (Å²) in [6.07, 6.45) is 12.0. The summed E-state index contributed by atoms with van der Waals surface area (Å²) in [5.74, 6) is 0. The molecule has 0 amide bonds. The maximum atomic E-state index is 11.8. The fourth-order valence-electron chi connectivity index (χ4n) is 2.45. The molecule has 0 aliphatic carbocycles. The van der Waals surface area contributed by atoms with E-state index in [0.29, 0.717) is 19.6 Å². The monoisotopic (exact) mass is 438 g/mol. The van der Waals surface area contributed by atoms with Crippen LogP contribution in [0.1, 0.15) is 77.6 Å². The van der Waals surface area contributed by atoms with Gasteiger partial charge in [-0.05, 0) is 12.8 Å². The normalized spacial score (nSPS) is 14.4. The molecule has 0 aromatic rings. The summed E-state index contributed by atoms with van der Waals surface area (Å²) in [6.45, 7) is 2.36. The molecule has 2 atom stereocenters. The first-order chi connectivity index (χ1) is 13.1. The molecule has 0 spiro atoms. The van der Waals surface area contributed by atoms with E-state index >= 15 is 0 Å². The van der Waals surface area contributed by atoms with Crippen LogP contribution in [0.4, 0.5) is 0 Å². The third kappa shape index (κ3) is 20.2. The Bertz CT molecular complexity index is 362. The number of hydrogen-bond acceptors (Lipinski definition) is 8. The van der Waals surface area contributed by atoms with Gasteiger partial charge in [0.15, 0.2) is 0 Å². The van der Waals surface area contributed by atoms with Crippen molar-refractivity contribution in [1.29, 1.82) is 0 Å². The quantitative estimate of drug-likeness (QED) is 0.0818. The zero-order chi connectivity index (χ0) is 20.2. The third-order valence-electron chi connectivity index (χ3n) is 4.06. The number of rotatable bonds is 21. The maximum absolute atomic E-state index is 11.8. The van der Waals surface area contributed by atoms with Crippen molar-refractivity contribution in [3.63, 3.8) is 0 Å². The van der Waals surface area contributed by atoms with Crippen LogP contribution in [0.2, 0.25) is 0 Å². The number of phosphoric ester groups is 1. The summed E-state index contributed by atoms with van der Waals surface area (Å²) in [5, 5.41) is 26.4. The van der Waals surface area contributed by atoms with Gasteiger partial charge in [-0.25, -0.2) is 9.82 Å². The van der Waals surface area contributed by atoms with Crippen LogP contribution < -0.4 is 0 Å². The van der Waals surface area contributed by atoms with Gasteiger partial charge in [0.1, 0.15) is 6.10 Å². The molecule has 166 valence electrons. The van der Waals surface area contributed by atoms with E-state index < -0.39 is 27.1 Å². The first kappa shape index (κ1) is 31.1. The average Bonchev–Trinajstić information content (AvgIpc) is 2.69. The van der Waals surface area contributed by atoms with Gasteiger partial charge in [0, 0.05) is 13.2 Å². The SMILES string of the molecule is CCCCCCCCCCCCOCCCOP(=O)(OO)OCC(O)CO.[NaH]. The molecular weight excluding hydrogens is 398 g/mol. The van der Waals surface area contributed by atoms with Crippen molar-refractivity contribution in [1.82, 2.24) is 0 Å². The minimum atomic E-state index is -4.12. The molecule has 0 aliphatic heterocycles. The van der Waals surface area contributed by atoms with E-state index in [1.54, 1.807) is 0 Å². The van der Waals surface area contributed by atoms with Gasteiger partial charge in [-0.3, -0.25) is 9.05 Å². The number of hydrogen-bond donors (Lipinski definition) is 3. The average molecular weight is 438 g/mol. The van der Waals surface area contributed by atoms with E-state index in [1.807, 2.05) is 0 Å². The van der Waals surface area contributed by atoms with Crippen LogP contribution in [0.15, 0.2) is 0 Å². The van der Waals surface area contributed by atoms with E-state index in [0.717, 1.165) is 6.42 Å². The fourth-order valence-corrected chi connectivity index (χ4v) is 3.32. The summed E-state index contributed by atoms with van der Waals surface area (Å²) in [6, 6.07) is 0. The Morgan fingerprint density at radius 2 is 1.36 bits per heavy atom. The summed E-state index contributed by atoms with van der Waals surface area (Å²) < 4.78 is 30.5. The van der Waals surface area contributed by atoms with Crippen LogP contribution >= 0.6 is 7.82 Å². The molecule has 0 rings (SSSR count). The molecule has 8 nitrogen and oxygen atoms in total. The Labute approximate surface area is 192 Å². The van der Waals surface area contributed by atoms with E-state index in [9.17, 15) is 4.57 Å². The number of aliphatic hydroxyl groups is 2. The van der Waals surface area contributed by atoms with Gasteiger partial charge in [-0.15, -0.1) is 4.67 Å². The molecule has 0 aromatic carbocycles. The summed E-state index contributed by atoms with van der Waals surface area (Å²) in [4.78, 5) is 0. The van der Waals surface area contributed by atoms with Gasteiger partial charge in [0.2, 0.25) is 0 Å². The van der Waals surface area contributed by atoms with Gasteiger partial charge in [0.25, 0.3) is 0 Å². The zero-order valence-corrected chi connectivity index (χ0v) is 17.6. The van der Waals surface area contributed by atoms with Crippen molar-refractivity contribution in [2.24, 2.45) is 0 Å². The third-order valence-corrected chi connectivity index (χ3v) is 5.22. The van der Waals surface area contributed by atoms with E-state index in [-0.39, 0.29) is 36.2 Å². The molecule has 0 saturated heterocycles. The van der Waals surface area contributed by atoms with E-state index in [1.165, 1.54) is 57.8 Å². The van der Waals surface area contributed by atoms with Gasteiger partial charge in [-0.1, -0.05) is 64.7 Å². The molecule has 3 N–H and O–H groups in total. The van der Waals surface area contributed by atoms with Crippen LogP contribution in [0.5, 0.6) is 0 Å². The van der Waals surface area contributed by atoms with Gasteiger partial charge in [0.05, 0.1) is 19.8 Å². The van der Waals surface area contributed by atoms with Gasteiger partial charge < -0.3 is 14.9 Å². The molecule has 0 aliphatic rings. The summed E-state index contributed by atoms with van der Waals surface area (Å²) in [7, 11) is -4.12. The van der Waals surface area contributed by atoms with Crippen LogP contribution in [0, 0.1) is 0 Å². The molecule has 0 radical (unpaired) electrons. The molecule has 0 bridgehead atoms. The summed E-state index contributed by atoms with van der Waals surface area (Å²) >= 11 is 0. The van der Waals surface area contributed by atoms with E-state index in [2.05, 4.69) is 16.1 Å². The molecule has 0 aromatic heterocycles. The fraction of sp³-hybridized carbons (Fsp3) is 1.00. The number of phosphoric acid groups is 1. The molecule has 0 heterocycles. The molecule has 0 saturated carbocycles. The molecule has 2 unspecified atom stereocenters. The second-order valence-electron chi connectivity index (χ2n) is 6.64. The second-order valence-corrected chi connectivity index (χ2v) is 8.22. The summed E-state index contributed by atoms with van der Waals surface area (Å²) in [5.41, 5.74) is 0.